The number of hydrogen-bond donors (Lipinski definition) is 0. The molecular formula is C21H25N3O3S2. The van der Waals surface area contributed by atoms with Crippen LogP contribution in [0.2, 0.25) is 0 Å². The van der Waals surface area contributed by atoms with Crippen molar-refractivity contribution >= 4 is 42.4 Å². The average molecular weight is 432 g/mol. The molecule has 0 aliphatic heterocycles. The molecule has 1 aromatic heterocycles. The number of amides is 1. The van der Waals surface area contributed by atoms with Crippen LogP contribution in [0, 0.1) is 0 Å². The highest BCUT2D eigenvalue weighted by atomic mass is 32.2. The van der Waals surface area contributed by atoms with E-state index < -0.39 is 9.84 Å². The molecular weight excluding hydrogens is 406 g/mol. The maximum atomic E-state index is 12.9. The summed E-state index contributed by atoms with van der Waals surface area (Å²) in [7, 11) is 0.519. The minimum Gasteiger partial charge on any atom is -0.308 e. The fourth-order valence-corrected chi connectivity index (χ4v) is 5.24. The highest BCUT2D eigenvalue weighted by Crippen LogP contribution is 2.29. The minimum atomic E-state index is -3.38. The number of aromatic nitrogens is 1. The Balaban J connectivity index is 1.69. The summed E-state index contributed by atoms with van der Waals surface area (Å²) in [6, 6.07) is 16.1. The van der Waals surface area contributed by atoms with Gasteiger partial charge < -0.3 is 4.90 Å². The van der Waals surface area contributed by atoms with Crippen LogP contribution in [0.5, 0.6) is 0 Å². The normalized spacial score (nSPS) is 11.8. The van der Waals surface area contributed by atoms with E-state index in [1.165, 1.54) is 11.3 Å². The summed E-state index contributed by atoms with van der Waals surface area (Å²) in [5.74, 6) is -0.154. The van der Waals surface area contributed by atoms with E-state index in [4.69, 9.17) is 0 Å². The van der Waals surface area contributed by atoms with Crippen molar-refractivity contribution in [1.29, 1.82) is 0 Å². The first-order valence-electron chi connectivity index (χ1n) is 9.45. The number of likely N-dealkylation sites (N-methyl/N-ethyl adjacent to an activating group) is 1. The van der Waals surface area contributed by atoms with Crippen LogP contribution in [0.15, 0.2) is 59.5 Å². The molecule has 1 heterocycles. The van der Waals surface area contributed by atoms with Gasteiger partial charge in [-0.25, -0.2) is 13.4 Å². The van der Waals surface area contributed by atoms with Crippen molar-refractivity contribution in [3.8, 4) is 0 Å². The van der Waals surface area contributed by atoms with Crippen molar-refractivity contribution in [2.75, 3.05) is 37.8 Å². The van der Waals surface area contributed by atoms with E-state index in [-0.39, 0.29) is 24.5 Å². The van der Waals surface area contributed by atoms with Crippen molar-refractivity contribution < 1.29 is 13.2 Å². The Bertz CT molecular complexity index is 1030. The molecule has 0 spiro atoms. The van der Waals surface area contributed by atoms with Crippen molar-refractivity contribution in [3.05, 3.63) is 54.6 Å². The first-order chi connectivity index (χ1) is 13.9. The lowest BCUT2D eigenvalue weighted by atomic mass is 10.3. The van der Waals surface area contributed by atoms with Crippen LogP contribution >= 0.6 is 11.3 Å². The maximum absolute atomic E-state index is 12.9. The van der Waals surface area contributed by atoms with Gasteiger partial charge in [0.2, 0.25) is 5.91 Å². The number of hydrogen-bond acceptors (Lipinski definition) is 6. The first kappa shape index (κ1) is 21.4. The molecule has 0 atom stereocenters. The van der Waals surface area contributed by atoms with Crippen LogP contribution in [-0.2, 0) is 14.6 Å². The Morgan fingerprint density at radius 2 is 1.69 bits per heavy atom. The molecule has 0 saturated heterocycles. The van der Waals surface area contributed by atoms with Crippen LogP contribution < -0.4 is 4.90 Å². The lowest BCUT2D eigenvalue weighted by Gasteiger charge is -2.22. The predicted molar refractivity (Wildman–Crippen MR) is 118 cm³/mol. The second-order valence-corrected chi connectivity index (χ2v) is 10.2. The molecule has 0 fully saturated rings. The third-order valence-electron chi connectivity index (χ3n) is 4.49. The zero-order valence-electron chi connectivity index (χ0n) is 16.6. The number of carbonyl (C=O) groups is 1. The fourth-order valence-electron chi connectivity index (χ4n) is 2.90. The van der Waals surface area contributed by atoms with E-state index in [1.807, 2.05) is 43.3 Å². The number of benzene rings is 2. The molecule has 0 saturated carbocycles. The SMILES string of the molecule is CN(C)CCN(C(=O)CCCS(=O)(=O)c1ccccc1)c1nc2ccccc2s1. The minimum absolute atomic E-state index is 0.0515. The van der Waals surface area contributed by atoms with Gasteiger partial charge in [0.1, 0.15) is 0 Å². The van der Waals surface area contributed by atoms with E-state index >= 15 is 0 Å². The summed E-state index contributed by atoms with van der Waals surface area (Å²) >= 11 is 1.48. The Morgan fingerprint density at radius 1 is 1.00 bits per heavy atom. The number of carbonyl (C=O) groups excluding carboxylic acids is 1. The Kier molecular flexibility index (Phi) is 7.00. The Labute approximate surface area is 175 Å². The Morgan fingerprint density at radius 3 is 2.38 bits per heavy atom. The molecule has 8 heteroatoms. The van der Waals surface area contributed by atoms with Crippen molar-refractivity contribution in [1.82, 2.24) is 9.88 Å². The van der Waals surface area contributed by atoms with Crippen LogP contribution in [0.1, 0.15) is 12.8 Å². The summed E-state index contributed by atoms with van der Waals surface area (Å²) in [5, 5.41) is 0.656. The van der Waals surface area contributed by atoms with Gasteiger partial charge in [-0.1, -0.05) is 41.7 Å². The zero-order valence-corrected chi connectivity index (χ0v) is 18.2. The summed E-state index contributed by atoms with van der Waals surface area (Å²) in [5.41, 5.74) is 0.863. The van der Waals surface area contributed by atoms with Gasteiger partial charge in [0.05, 0.1) is 20.9 Å². The molecule has 0 bridgehead atoms. The van der Waals surface area contributed by atoms with Gasteiger partial charge in [-0.2, -0.15) is 0 Å². The number of rotatable bonds is 9. The molecule has 0 radical (unpaired) electrons. The third kappa shape index (κ3) is 5.62. The van der Waals surface area contributed by atoms with Crippen molar-refractivity contribution in [3.63, 3.8) is 0 Å². The second kappa shape index (κ2) is 9.47. The van der Waals surface area contributed by atoms with Crippen molar-refractivity contribution in [2.24, 2.45) is 0 Å². The average Bonchev–Trinajstić information content (AvgIpc) is 3.12. The molecule has 2 aromatic carbocycles. The van der Waals surface area contributed by atoms with Gasteiger partial charge >= 0.3 is 0 Å². The molecule has 0 unspecified atom stereocenters. The Hall–Kier alpha value is -2.29. The van der Waals surface area contributed by atoms with Gasteiger partial charge in [0.15, 0.2) is 15.0 Å². The monoisotopic (exact) mass is 431 g/mol. The smallest absolute Gasteiger partial charge is 0.228 e. The third-order valence-corrected chi connectivity index (χ3v) is 7.37. The number of thiazole rings is 1. The van der Waals surface area contributed by atoms with Gasteiger partial charge in [-0.05, 0) is 44.8 Å². The molecule has 3 aromatic rings. The molecule has 1 amide bonds. The van der Waals surface area contributed by atoms with Crippen molar-refractivity contribution in [2.45, 2.75) is 17.7 Å². The molecule has 3 rings (SSSR count). The van der Waals surface area contributed by atoms with Crippen LogP contribution in [0.4, 0.5) is 5.13 Å². The van der Waals surface area contributed by atoms with E-state index in [1.54, 1.807) is 35.2 Å². The van der Waals surface area contributed by atoms with Crippen LogP contribution in [0.25, 0.3) is 10.2 Å². The fraction of sp³-hybridized carbons (Fsp3) is 0.333. The topological polar surface area (TPSA) is 70.6 Å². The lowest BCUT2D eigenvalue weighted by Crippen LogP contribution is -2.36. The van der Waals surface area contributed by atoms with Gasteiger partial charge in [-0.3, -0.25) is 9.69 Å². The first-order valence-corrected chi connectivity index (χ1v) is 11.9. The number of para-hydroxylation sites is 1. The van der Waals surface area contributed by atoms with E-state index in [0.717, 1.165) is 10.2 Å². The van der Waals surface area contributed by atoms with Gasteiger partial charge in [-0.15, -0.1) is 0 Å². The standard InChI is InChI=1S/C21H25N3O3S2/c1-23(2)14-15-24(21-22-18-11-6-7-12-19(18)28-21)20(25)13-8-16-29(26,27)17-9-4-3-5-10-17/h3-7,9-12H,8,13-16H2,1-2H3. The summed E-state index contributed by atoms with van der Waals surface area (Å²) in [4.78, 5) is 21.5. The number of sulfone groups is 1. The summed E-state index contributed by atoms with van der Waals surface area (Å²) in [6.45, 7) is 1.21. The van der Waals surface area contributed by atoms with E-state index in [2.05, 4.69) is 4.98 Å². The quantitative estimate of drug-likeness (QED) is 0.519. The van der Waals surface area contributed by atoms with E-state index in [0.29, 0.717) is 23.1 Å². The van der Waals surface area contributed by atoms with Crippen LogP contribution in [-0.4, -0.2) is 57.1 Å². The van der Waals surface area contributed by atoms with E-state index in [9.17, 15) is 13.2 Å². The van der Waals surface area contributed by atoms with Gasteiger partial charge in [0.25, 0.3) is 0 Å². The number of nitrogens with zero attached hydrogens (tertiary/aromatic N) is 3. The predicted octanol–water partition coefficient (Wildman–Crippen LogP) is 3.45. The van der Waals surface area contributed by atoms with Gasteiger partial charge in [0, 0.05) is 19.5 Å². The second-order valence-electron chi connectivity index (χ2n) is 7.05. The maximum Gasteiger partial charge on any atom is 0.228 e. The van der Waals surface area contributed by atoms with Crippen LogP contribution in [0.3, 0.4) is 0 Å². The molecule has 6 nitrogen and oxygen atoms in total. The summed E-state index contributed by atoms with van der Waals surface area (Å²) in [6.07, 6.45) is 0.439. The molecule has 0 aliphatic carbocycles. The highest BCUT2D eigenvalue weighted by molar-refractivity contribution is 7.91. The summed E-state index contributed by atoms with van der Waals surface area (Å²) < 4.78 is 25.9. The molecule has 0 N–H and O–H groups in total. The highest BCUT2D eigenvalue weighted by Gasteiger charge is 2.21. The molecule has 154 valence electrons. The lowest BCUT2D eigenvalue weighted by molar-refractivity contribution is -0.118. The molecule has 29 heavy (non-hydrogen) atoms. The number of anilines is 1. The molecule has 0 aliphatic rings. The zero-order chi connectivity index (χ0) is 20.9. The number of fused-ring (bicyclic) bond motifs is 1. The largest absolute Gasteiger partial charge is 0.308 e.